The van der Waals surface area contributed by atoms with Crippen molar-refractivity contribution in [2.24, 2.45) is 5.92 Å². The average Bonchev–Trinajstić information content (AvgIpc) is 2.04. The highest BCUT2D eigenvalue weighted by atomic mass is 16.4. The van der Waals surface area contributed by atoms with Gasteiger partial charge < -0.3 is 10.5 Å². The first-order chi connectivity index (χ1) is 5.72. The molecule has 0 heterocycles. The third-order valence-corrected chi connectivity index (χ3v) is 1.73. The van der Waals surface area contributed by atoms with Crippen LogP contribution in [0.5, 0.6) is 0 Å². The van der Waals surface area contributed by atoms with Crippen LogP contribution in [0.4, 0.5) is 0 Å². The van der Waals surface area contributed by atoms with Crippen molar-refractivity contribution in [2.75, 3.05) is 0 Å². The highest BCUT2D eigenvalue weighted by Gasteiger charge is 2.14. The predicted molar refractivity (Wildman–Crippen MR) is 48.6 cm³/mol. The molecule has 0 fully saturated rings. The standard InChI is InChI=1S/C9H15NO2/c1-2-3-5-8(9(11)12)6-4-7-10/h2,7-8,10H,1,3-6H2,(H,11,12). The number of allylic oxidation sites excluding steroid dienone is 1. The van der Waals surface area contributed by atoms with Gasteiger partial charge in [-0.2, -0.15) is 0 Å². The molecule has 0 spiro atoms. The molecular weight excluding hydrogens is 154 g/mol. The van der Waals surface area contributed by atoms with E-state index in [9.17, 15) is 4.79 Å². The monoisotopic (exact) mass is 169 g/mol. The summed E-state index contributed by atoms with van der Waals surface area (Å²) in [4.78, 5) is 10.6. The number of carboxylic acids is 1. The summed E-state index contributed by atoms with van der Waals surface area (Å²) in [7, 11) is 0. The molecule has 3 heteroatoms. The average molecular weight is 169 g/mol. The zero-order chi connectivity index (χ0) is 9.40. The van der Waals surface area contributed by atoms with Crippen LogP contribution in [0.15, 0.2) is 12.7 Å². The van der Waals surface area contributed by atoms with Crippen LogP contribution in [0.3, 0.4) is 0 Å². The normalized spacial score (nSPS) is 12.0. The second-order valence-corrected chi connectivity index (χ2v) is 2.68. The fourth-order valence-corrected chi connectivity index (χ4v) is 0.995. The molecule has 68 valence electrons. The Hall–Kier alpha value is -1.12. The van der Waals surface area contributed by atoms with E-state index in [1.165, 1.54) is 6.21 Å². The summed E-state index contributed by atoms with van der Waals surface area (Å²) in [6.45, 7) is 3.53. The van der Waals surface area contributed by atoms with E-state index >= 15 is 0 Å². The fraction of sp³-hybridized carbons (Fsp3) is 0.556. The molecule has 0 amide bonds. The van der Waals surface area contributed by atoms with Crippen molar-refractivity contribution < 1.29 is 9.90 Å². The van der Waals surface area contributed by atoms with Crippen molar-refractivity contribution in [1.82, 2.24) is 0 Å². The zero-order valence-electron chi connectivity index (χ0n) is 7.12. The molecular formula is C9H15NO2. The second-order valence-electron chi connectivity index (χ2n) is 2.68. The highest BCUT2D eigenvalue weighted by Crippen LogP contribution is 2.13. The Morgan fingerprint density at radius 3 is 2.50 bits per heavy atom. The first kappa shape index (κ1) is 10.9. The van der Waals surface area contributed by atoms with E-state index in [0.717, 1.165) is 6.42 Å². The van der Waals surface area contributed by atoms with Gasteiger partial charge in [-0.15, -0.1) is 6.58 Å². The molecule has 0 bridgehead atoms. The second kappa shape index (κ2) is 6.58. The molecule has 0 aromatic carbocycles. The SMILES string of the molecule is C=CCCC(CCC=N)C(=O)O. The highest BCUT2D eigenvalue weighted by molar-refractivity contribution is 5.70. The Morgan fingerprint density at radius 1 is 1.50 bits per heavy atom. The molecule has 0 aliphatic heterocycles. The van der Waals surface area contributed by atoms with Crippen molar-refractivity contribution >= 4 is 12.2 Å². The number of aliphatic carboxylic acids is 1. The van der Waals surface area contributed by atoms with Gasteiger partial charge in [-0.3, -0.25) is 4.79 Å². The molecule has 0 radical (unpaired) electrons. The minimum atomic E-state index is -0.765. The van der Waals surface area contributed by atoms with Crippen LogP contribution < -0.4 is 0 Å². The number of nitrogens with one attached hydrogen (secondary N) is 1. The molecule has 0 aromatic heterocycles. The third kappa shape index (κ3) is 4.66. The van der Waals surface area contributed by atoms with Crippen LogP contribution in [0.25, 0.3) is 0 Å². The first-order valence-corrected chi connectivity index (χ1v) is 4.05. The van der Waals surface area contributed by atoms with Crippen molar-refractivity contribution in [3.63, 3.8) is 0 Å². The number of carbonyl (C=O) groups is 1. The van der Waals surface area contributed by atoms with Gasteiger partial charge in [-0.25, -0.2) is 0 Å². The molecule has 0 aliphatic carbocycles. The molecule has 3 nitrogen and oxygen atoms in total. The van der Waals surface area contributed by atoms with Crippen LogP contribution in [0, 0.1) is 11.3 Å². The van der Waals surface area contributed by atoms with Gasteiger partial charge in [-0.05, 0) is 31.9 Å². The molecule has 1 atom stereocenters. The summed E-state index contributed by atoms with van der Waals surface area (Å²) in [5, 5.41) is 15.5. The van der Waals surface area contributed by atoms with Gasteiger partial charge in [0.2, 0.25) is 0 Å². The van der Waals surface area contributed by atoms with E-state index < -0.39 is 5.97 Å². The molecule has 0 saturated heterocycles. The Kier molecular flexibility index (Phi) is 5.97. The zero-order valence-corrected chi connectivity index (χ0v) is 7.12. The summed E-state index contributed by atoms with van der Waals surface area (Å²) in [6.07, 6.45) is 5.45. The van der Waals surface area contributed by atoms with Crippen molar-refractivity contribution in [2.45, 2.75) is 25.7 Å². The summed E-state index contributed by atoms with van der Waals surface area (Å²) in [5.74, 6) is -1.08. The van der Waals surface area contributed by atoms with Gasteiger partial charge in [-0.1, -0.05) is 6.08 Å². The van der Waals surface area contributed by atoms with E-state index in [4.69, 9.17) is 10.5 Å². The Labute approximate surface area is 72.6 Å². The van der Waals surface area contributed by atoms with Crippen molar-refractivity contribution in [1.29, 1.82) is 5.41 Å². The predicted octanol–water partition coefficient (Wildman–Crippen LogP) is 2.08. The lowest BCUT2D eigenvalue weighted by molar-refractivity contribution is -0.142. The molecule has 2 N–H and O–H groups in total. The van der Waals surface area contributed by atoms with Gasteiger partial charge >= 0.3 is 5.97 Å². The van der Waals surface area contributed by atoms with Crippen molar-refractivity contribution in [3.05, 3.63) is 12.7 Å². The van der Waals surface area contributed by atoms with Gasteiger partial charge in [0.25, 0.3) is 0 Å². The van der Waals surface area contributed by atoms with Gasteiger partial charge in [0.15, 0.2) is 0 Å². The quantitative estimate of drug-likeness (QED) is 0.452. The van der Waals surface area contributed by atoms with Crippen LogP contribution in [0.1, 0.15) is 25.7 Å². The molecule has 1 unspecified atom stereocenters. The van der Waals surface area contributed by atoms with Crippen LogP contribution >= 0.6 is 0 Å². The Morgan fingerprint density at radius 2 is 2.08 bits per heavy atom. The fourth-order valence-electron chi connectivity index (χ4n) is 0.995. The maximum atomic E-state index is 10.6. The van der Waals surface area contributed by atoms with Gasteiger partial charge in [0.1, 0.15) is 0 Å². The van der Waals surface area contributed by atoms with E-state index in [-0.39, 0.29) is 5.92 Å². The number of rotatable bonds is 7. The molecule has 0 saturated carbocycles. The lowest BCUT2D eigenvalue weighted by atomic mass is 9.98. The van der Waals surface area contributed by atoms with Gasteiger partial charge in [0.05, 0.1) is 5.92 Å². The van der Waals surface area contributed by atoms with Crippen LogP contribution in [-0.2, 0) is 4.79 Å². The first-order valence-electron chi connectivity index (χ1n) is 4.05. The minimum Gasteiger partial charge on any atom is -0.481 e. The van der Waals surface area contributed by atoms with E-state index in [1.807, 2.05) is 0 Å². The van der Waals surface area contributed by atoms with E-state index in [2.05, 4.69) is 6.58 Å². The summed E-state index contributed by atoms with van der Waals surface area (Å²) in [5.41, 5.74) is 0. The maximum absolute atomic E-state index is 10.6. The third-order valence-electron chi connectivity index (χ3n) is 1.73. The minimum absolute atomic E-state index is 0.315. The van der Waals surface area contributed by atoms with E-state index in [0.29, 0.717) is 19.3 Å². The van der Waals surface area contributed by atoms with E-state index in [1.54, 1.807) is 6.08 Å². The van der Waals surface area contributed by atoms with Crippen LogP contribution in [-0.4, -0.2) is 17.3 Å². The maximum Gasteiger partial charge on any atom is 0.306 e. The molecule has 0 aliphatic rings. The summed E-state index contributed by atoms with van der Waals surface area (Å²) < 4.78 is 0. The summed E-state index contributed by atoms with van der Waals surface area (Å²) >= 11 is 0. The number of hydrogen-bond acceptors (Lipinski definition) is 2. The molecule has 0 aromatic rings. The number of hydrogen-bond donors (Lipinski definition) is 2. The molecule has 12 heavy (non-hydrogen) atoms. The summed E-state index contributed by atoms with van der Waals surface area (Å²) in [6, 6.07) is 0. The smallest absolute Gasteiger partial charge is 0.306 e. The molecule has 0 rings (SSSR count). The number of carboxylic acid groups (broad SMARTS) is 1. The Bertz CT molecular complexity index is 154. The van der Waals surface area contributed by atoms with Crippen molar-refractivity contribution in [3.8, 4) is 0 Å². The van der Waals surface area contributed by atoms with Gasteiger partial charge in [0, 0.05) is 0 Å². The Balaban J connectivity index is 3.77. The lowest BCUT2D eigenvalue weighted by Gasteiger charge is -2.08. The van der Waals surface area contributed by atoms with Crippen LogP contribution in [0.2, 0.25) is 0 Å². The topological polar surface area (TPSA) is 61.2 Å². The lowest BCUT2D eigenvalue weighted by Crippen LogP contribution is -2.13. The largest absolute Gasteiger partial charge is 0.481 e.